The Morgan fingerprint density at radius 2 is 1.84 bits per heavy atom. The van der Waals surface area contributed by atoms with Crippen LogP contribution < -0.4 is 4.72 Å². The maximum Gasteiger partial charge on any atom is 0.136 e. The van der Waals surface area contributed by atoms with Gasteiger partial charge < -0.3 is 4.55 Å². The Balaban J connectivity index is 1.28. The van der Waals surface area contributed by atoms with Crippen LogP contribution in [-0.2, 0) is 17.8 Å². The maximum absolute atomic E-state index is 13.1. The molecule has 6 heteroatoms. The Bertz CT molecular complexity index is 931. The fourth-order valence-corrected chi connectivity index (χ4v) is 7.25. The van der Waals surface area contributed by atoms with Crippen LogP contribution in [0, 0.1) is 11.3 Å². The molecular weight excluding hydrogens is 434 g/mol. The van der Waals surface area contributed by atoms with E-state index in [1.807, 2.05) is 44.9 Å². The lowest BCUT2D eigenvalue weighted by Gasteiger charge is -2.42. The van der Waals surface area contributed by atoms with E-state index < -0.39 is 11.4 Å². The van der Waals surface area contributed by atoms with Gasteiger partial charge in [-0.05, 0) is 88.2 Å². The summed E-state index contributed by atoms with van der Waals surface area (Å²) in [6.07, 6.45) is 12.3. The second-order valence-electron chi connectivity index (χ2n) is 11.0. The normalized spacial score (nSPS) is 28.6. The van der Waals surface area contributed by atoms with Crippen molar-refractivity contribution in [1.82, 2.24) is 14.7 Å². The van der Waals surface area contributed by atoms with Gasteiger partial charge in [0, 0.05) is 29.2 Å². The number of nitrogens with zero attached hydrogens (tertiary/aromatic N) is 2. The molecule has 2 saturated carbocycles. The zero-order chi connectivity index (χ0) is 22.3. The average molecular weight is 470 g/mol. The Morgan fingerprint density at radius 1 is 1.09 bits per heavy atom. The molecule has 0 saturated heterocycles. The molecule has 1 N–H and O–H groups in total. The topological polar surface area (TPSA) is 60.9 Å². The number of aromatic nitrogens is 2. The van der Waals surface area contributed by atoms with E-state index >= 15 is 0 Å². The minimum atomic E-state index is -1.09. The summed E-state index contributed by atoms with van der Waals surface area (Å²) >= 11 is 0.766. The summed E-state index contributed by atoms with van der Waals surface area (Å²) in [5, 5.41) is 1.06. The third-order valence-electron chi connectivity index (χ3n) is 7.51. The molecule has 0 bridgehead atoms. The van der Waals surface area contributed by atoms with E-state index in [9.17, 15) is 4.55 Å². The zero-order valence-corrected chi connectivity index (χ0v) is 21.1. The Hall–Kier alpha value is -1.08. The monoisotopic (exact) mass is 469 g/mol. The highest BCUT2D eigenvalue weighted by Gasteiger charge is 2.50. The minimum Gasteiger partial charge on any atom is -0.598 e. The lowest BCUT2D eigenvalue weighted by atomic mass is 9.66. The van der Waals surface area contributed by atoms with Gasteiger partial charge in [0.25, 0.3) is 0 Å². The Labute approximate surface area is 200 Å². The molecule has 1 spiro atoms. The summed E-state index contributed by atoms with van der Waals surface area (Å²) in [7, 11) is 0. The van der Waals surface area contributed by atoms with E-state index in [0.29, 0.717) is 5.92 Å². The van der Waals surface area contributed by atoms with Crippen LogP contribution in [0.4, 0.5) is 0 Å². The molecule has 1 aromatic heterocycles. The molecular formula is C26H35N3OS2. The highest BCUT2D eigenvalue weighted by molar-refractivity contribution is 7.99. The fourth-order valence-electron chi connectivity index (χ4n) is 5.31. The molecule has 2 aromatic rings. The van der Waals surface area contributed by atoms with E-state index in [-0.39, 0.29) is 16.2 Å². The van der Waals surface area contributed by atoms with Crippen molar-refractivity contribution in [1.29, 1.82) is 0 Å². The van der Waals surface area contributed by atoms with Gasteiger partial charge in [0.1, 0.15) is 9.77 Å². The molecule has 5 rings (SSSR count). The summed E-state index contributed by atoms with van der Waals surface area (Å²) in [5.41, 5.74) is 4.06. The first-order chi connectivity index (χ1) is 15.3. The van der Waals surface area contributed by atoms with Gasteiger partial charge in [-0.1, -0.05) is 24.3 Å². The first kappa shape index (κ1) is 22.7. The van der Waals surface area contributed by atoms with Crippen molar-refractivity contribution in [3.05, 3.63) is 53.5 Å². The van der Waals surface area contributed by atoms with Gasteiger partial charge in [0.05, 0.1) is 17.9 Å². The van der Waals surface area contributed by atoms with Crippen LogP contribution in [0.5, 0.6) is 0 Å². The van der Waals surface area contributed by atoms with Gasteiger partial charge in [0.2, 0.25) is 0 Å². The largest absolute Gasteiger partial charge is 0.598 e. The molecule has 0 amide bonds. The molecule has 1 unspecified atom stereocenters. The minimum absolute atomic E-state index is 0.147. The molecule has 3 aliphatic rings. The molecule has 1 heterocycles. The molecule has 2 fully saturated rings. The van der Waals surface area contributed by atoms with Gasteiger partial charge in [-0.2, -0.15) is 0 Å². The second kappa shape index (κ2) is 8.94. The molecule has 32 heavy (non-hydrogen) atoms. The van der Waals surface area contributed by atoms with Gasteiger partial charge in [-0.3, -0.25) is 4.98 Å². The van der Waals surface area contributed by atoms with Crippen molar-refractivity contribution in [3.8, 4) is 0 Å². The van der Waals surface area contributed by atoms with Crippen LogP contribution in [0.15, 0.2) is 41.7 Å². The lowest BCUT2D eigenvalue weighted by Crippen LogP contribution is -2.46. The summed E-state index contributed by atoms with van der Waals surface area (Å²) in [6.45, 7) is 6.14. The van der Waals surface area contributed by atoms with E-state index in [4.69, 9.17) is 9.97 Å². The number of benzene rings is 1. The van der Waals surface area contributed by atoms with Gasteiger partial charge in [-0.15, -0.1) is 16.5 Å². The predicted molar refractivity (Wildman–Crippen MR) is 133 cm³/mol. The SMILES string of the molecule is CC(C)(C)[S@@+]([O-])NC1c2ccccc2C[C@]12CC[C@H](c1cnc(SCC3CC3)cn1)CC2. The highest BCUT2D eigenvalue weighted by Crippen LogP contribution is 2.56. The zero-order valence-electron chi connectivity index (χ0n) is 19.5. The van der Waals surface area contributed by atoms with Crippen LogP contribution in [0.2, 0.25) is 0 Å². The predicted octanol–water partition coefficient (Wildman–Crippen LogP) is 5.97. The quantitative estimate of drug-likeness (QED) is 0.417. The summed E-state index contributed by atoms with van der Waals surface area (Å²) in [5.74, 6) is 2.57. The number of hydrogen-bond donors (Lipinski definition) is 1. The molecule has 0 radical (unpaired) electrons. The average Bonchev–Trinajstić information content (AvgIpc) is 3.57. The Morgan fingerprint density at radius 3 is 2.50 bits per heavy atom. The molecule has 2 atom stereocenters. The number of thioether (sulfide) groups is 1. The lowest BCUT2D eigenvalue weighted by molar-refractivity contribution is 0.139. The number of fused-ring (bicyclic) bond motifs is 1. The molecule has 1 aromatic carbocycles. The van der Waals surface area contributed by atoms with Crippen LogP contribution in [0.3, 0.4) is 0 Å². The van der Waals surface area contributed by atoms with Gasteiger partial charge in [-0.25, -0.2) is 4.98 Å². The smallest absolute Gasteiger partial charge is 0.136 e. The van der Waals surface area contributed by atoms with E-state index in [2.05, 4.69) is 29.0 Å². The second-order valence-corrected chi connectivity index (χ2v) is 14.0. The molecule has 4 nitrogen and oxygen atoms in total. The molecule has 0 aliphatic heterocycles. The molecule has 3 aliphatic carbocycles. The summed E-state index contributed by atoms with van der Waals surface area (Å²) in [4.78, 5) is 9.51. The van der Waals surface area contributed by atoms with Crippen LogP contribution in [0.1, 0.15) is 88.1 Å². The van der Waals surface area contributed by atoms with E-state index in [1.54, 1.807) is 0 Å². The number of nitrogens with one attached hydrogen (secondary N) is 1. The first-order valence-corrected chi connectivity index (χ1v) is 14.2. The van der Waals surface area contributed by atoms with Crippen molar-refractivity contribution < 1.29 is 4.55 Å². The van der Waals surface area contributed by atoms with Crippen molar-refractivity contribution in [2.75, 3.05) is 5.75 Å². The summed E-state index contributed by atoms with van der Waals surface area (Å²) < 4.78 is 16.3. The summed E-state index contributed by atoms with van der Waals surface area (Å²) in [6, 6.07) is 8.91. The first-order valence-electron chi connectivity index (χ1n) is 12.0. The van der Waals surface area contributed by atoms with Crippen LogP contribution in [0.25, 0.3) is 0 Å². The van der Waals surface area contributed by atoms with E-state index in [0.717, 1.165) is 48.7 Å². The van der Waals surface area contributed by atoms with Crippen LogP contribution in [-0.4, -0.2) is 25.0 Å². The highest BCUT2D eigenvalue weighted by atomic mass is 32.2. The van der Waals surface area contributed by atoms with Crippen molar-refractivity contribution in [2.24, 2.45) is 11.3 Å². The van der Waals surface area contributed by atoms with Crippen LogP contribution >= 0.6 is 11.8 Å². The van der Waals surface area contributed by atoms with Gasteiger partial charge >= 0.3 is 0 Å². The third kappa shape index (κ3) is 4.75. The van der Waals surface area contributed by atoms with Gasteiger partial charge in [0.15, 0.2) is 0 Å². The Kier molecular flexibility index (Phi) is 6.34. The molecule has 172 valence electrons. The standard InChI is InChI=1S/C26H35N3OS2/c1-25(2,3)32(30)29-24-21-7-5-4-6-20(21)14-26(24)12-10-19(11-13-26)22-15-28-23(16-27-22)31-17-18-8-9-18/h4-7,15-16,18-19,24,29H,8-14,17H2,1-3H3/t19-,24?,26+,32-/m1/s1. The third-order valence-corrected chi connectivity index (χ3v) is 10.2. The van der Waals surface area contributed by atoms with Crippen molar-refractivity contribution in [2.45, 2.75) is 87.4 Å². The maximum atomic E-state index is 13.1. The fraction of sp³-hybridized carbons (Fsp3) is 0.615. The van der Waals surface area contributed by atoms with Crippen molar-refractivity contribution in [3.63, 3.8) is 0 Å². The number of rotatable bonds is 6. The van der Waals surface area contributed by atoms with E-state index in [1.165, 1.54) is 29.7 Å². The van der Waals surface area contributed by atoms with Crippen molar-refractivity contribution >= 4 is 23.1 Å². The number of hydrogen-bond acceptors (Lipinski definition) is 5.